The van der Waals surface area contributed by atoms with Crippen molar-refractivity contribution < 1.29 is 0 Å². The van der Waals surface area contributed by atoms with E-state index in [1.807, 2.05) is 0 Å². The monoisotopic (exact) mass is 878 g/mol. The third-order valence-electron chi connectivity index (χ3n) is 14.3. The van der Waals surface area contributed by atoms with Crippen molar-refractivity contribution in [3.05, 3.63) is 301 Å². The Hall–Kier alpha value is -8.98. The maximum atomic E-state index is 2.52. The van der Waals surface area contributed by atoms with Gasteiger partial charge in [-0.2, -0.15) is 0 Å². The van der Waals surface area contributed by atoms with Gasteiger partial charge in [0.05, 0.1) is 16.8 Å². The van der Waals surface area contributed by atoms with Crippen LogP contribution in [0, 0.1) is 0 Å². The van der Waals surface area contributed by atoms with E-state index in [0.717, 1.165) is 34.1 Å². The van der Waals surface area contributed by atoms with Crippen LogP contribution in [0.4, 0.5) is 34.1 Å². The zero-order valence-electron chi connectivity index (χ0n) is 38.0. The Kier molecular flexibility index (Phi) is 9.77. The molecule has 2 nitrogen and oxygen atoms in total. The van der Waals surface area contributed by atoms with Crippen molar-refractivity contribution in [2.24, 2.45) is 0 Å². The highest BCUT2D eigenvalue weighted by molar-refractivity contribution is 6.00. The van der Waals surface area contributed by atoms with Crippen LogP contribution < -0.4 is 9.80 Å². The van der Waals surface area contributed by atoms with Crippen LogP contribution in [-0.4, -0.2) is 0 Å². The molecule has 11 aromatic rings. The van der Waals surface area contributed by atoms with Gasteiger partial charge in [0.1, 0.15) is 0 Å². The molecule has 0 saturated heterocycles. The van der Waals surface area contributed by atoms with Gasteiger partial charge in [-0.1, -0.05) is 218 Å². The van der Waals surface area contributed by atoms with Crippen LogP contribution in [0.25, 0.3) is 55.6 Å². The molecule has 2 aliphatic rings. The normalized spacial score (nSPS) is 13.9. The van der Waals surface area contributed by atoms with Crippen LogP contribution in [0.5, 0.6) is 0 Å². The maximum Gasteiger partial charge on any atom is 0.0727 e. The van der Waals surface area contributed by atoms with E-state index in [0.29, 0.717) is 0 Å². The number of anilines is 6. The van der Waals surface area contributed by atoms with E-state index >= 15 is 0 Å². The van der Waals surface area contributed by atoms with Gasteiger partial charge in [-0.15, -0.1) is 0 Å². The van der Waals surface area contributed by atoms with E-state index in [4.69, 9.17) is 0 Å². The third-order valence-corrected chi connectivity index (χ3v) is 14.3. The SMILES string of the molecule is c1ccc(-c2ccccc2N(c2ccccc2)c2ccc3c(c2)C2(c4ccccc4-c4ccccc4-3)c3ccccc3-c3ccc(N(c4ccccc4)c4ccccc4-c4ccccc4)cc32)cc1. The molecule has 2 heteroatoms. The van der Waals surface area contributed by atoms with Crippen LogP contribution in [-0.2, 0) is 5.41 Å². The van der Waals surface area contributed by atoms with E-state index in [1.54, 1.807) is 0 Å². The average Bonchev–Trinajstić information content (AvgIpc) is 3.67. The summed E-state index contributed by atoms with van der Waals surface area (Å²) in [7, 11) is 0. The molecule has 11 aromatic carbocycles. The molecule has 0 fully saturated rings. The second kappa shape index (κ2) is 16.7. The molecule has 13 rings (SSSR count). The molecule has 1 atom stereocenters. The smallest absolute Gasteiger partial charge is 0.0727 e. The maximum absolute atomic E-state index is 2.52. The fraction of sp³-hybridized carbons (Fsp3) is 0.0149. The molecule has 69 heavy (non-hydrogen) atoms. The highest BCUT2D eigenvalue weighted by Gasteiger charge is 2.50. The summed E-state index contributed by atoms with van der Waals surface area (Å²) >= 11 is 0. The molecular formula is C67H46N2. The van der Waals surface area contributed by atoms with Crippen molar-refractivity contribution in [3.8, 4) is 55.6 Å². The van der Waals surface area contributed by atoms with Crippen molar-refractivity contribution in [1.82, 2.24) is 0 Å². The first-order valence-electron chi connectivity index (χ1n) is 23.8. The van der Waals surface area contributed by atoms with Gasteiger partial charge in [0.25, 0.3) is 0 Å². The topological polar surface area (TPSA) is 6.48 Å². The average molecular weight is 879 g/mol. The molecule has 0 bridgehead atoms. The quantitative estimate of drug-likeness (QED) is 0.150. The van der Waals surface area contributed by atoms with E-state index in [1.165, 1.54) is 77.9 Å². The first-order valence-corrected chi connectivity index (χ1v) is 23.8. The lowest BCUT2D eigenvalue weighted by molar-refractivity contribution is 0.775. The summed E-state index contributed by atoms with van der Waals surface area (Å²) in [6, 6.07) is 103. The lowest BCUT2D eigenvalue weighted by Crippen LogP contribution is -2.30. The van der Waals surface area contributed by atoms with E-state index in [-0.39, 0.29) is 0 Å². The fourth-order valence-electron chi connectivity index (χ4n) is 11.4. The molecule has 324 valence electrons. The number of hydrogen-bond acceptors (Lipinski definition) is 2. The molecule has 0 saturated carbocycles. The number of hydrogen-bond donors (Lipinski definition) is 0. The number of benzene rings is 11. The van der Waals surface area contributed by atoms with Crippen molar-refractivity contribution in [1.29, 1.82) is 0 Å². The summed E-state index contributed by atoms with van der Waals surface area (Å²) < 4.78 is 0. The van der Waals surface area contributed by atoms with Gasteiger partial charge in [0.2, 0.25) is 0 Å². The molecule has 0 radical (unpaired) electrons. The number of para-hydroxylation sites is 4. The number of fused-ring (bicyclic) bond motifs is 12. The molecule has 0 aromatic heterocycles. The minimum absolute atomic E-state index is 0.731. The second-order valence-electron chi connectivity index (χ2n) is 18.0. The highest BCUT2D eigenvalue weighted by Crippen LogP contribution is 2.63. The predicted molar refractivity (Wildman–Crippen MR) is 288 cm³/mol. The van der Waals surface area contributed by atoms with E-state index in [9.17, 15) is 0 Å². The van der Waals surface area contributed by atoms with Crippen LogP contribution in [0.3, 0.4) is 0 Å². The third kappa shape index (κ3) is 6.48. The van der Waals surface area contributed by atoms with Crippen molar-refractivity contribution >= 4 is 34.1 Å². The molecule has 0 aliphatic heterocycles. The fourth-order valence-corrected chi connectivity index (χ4v) is 11.4. The van der Waals surface area contributed by atoms with Crippen LogP contribution in [0.15, 0.2) is 279 Å². The summed E-state index contributed by atoms with van der Waals surface area (Å²) in [6.07, 6.45) is 0. The summed E-state index contributed by atoms with van der Waals surface area (Å²) in [5, 5.41) is 0. The highest BCUT2D eigenvalue weighted by atomic mass is 15.2. The number of nitrogens with zero attached hydrogens (tertiary/aromatic N) is 2. The lowest BCUT2D eigenvalue weighted by Gasteiger charge is -2.37. The first kappa shape index (κ1) is 40.3. The van der Waals surface area contributed by atoms with Gasteiger partial charge < -0.3 is 9.80 Å². The van der Waals surface area contributed by atoms with E-state index < -0.39 is 5.41 Å². The van der Waals surface area contributed by atoms with E-state index in [2.05, 4.69) is 289 Å². The molecule has 0 heterocycles. The molecule has 1 spiro atoms. The van der Waals surface area contributed by atoms with Gasteiger partial charge >= 0.3 is 0 Å². The minimum atomic E-state index is -0.731. The van der Waals surface area contributed by atoms with Crippen LogP contribution >= 0.6 is 0 Å². The second-order valence-corrected chi connectivity index (χ2v) is 18.0. The largest absolute Gasteiger partial charge is 0.310 e. The summed E-state index contributed by atoms with van der Waals surface area (Å²) in [5.41, 5.74) is 23.0. The zero-order valence-corrected chi connectivity index (χ0v) is 38.0. The van der Waals surface area contributed by atoms with Crippen LogP contribution in [0.1, 0.15) is 22.3 Å². The Morgan fingerprint density at radius 1 is 0.203 bits per heavy atom. The molecule has 0 N–H and O–H groups in total. The molecule has 1 unspecified atom stereocenters. The van der Waals surface area contributed by atoms with Gasteiger partial charge in [-0.05, 0) is 127 Å². The van der Waals surface area contributed by atoms with Crippen molar-refractivity contribution in [3.63, 3.8) is 0 Å². The Balaban J connectivity index is 1.13. The standard InChI is InChI=1S/C67H46N2/c1-5-23-47(24-6-1)53-31-17-21-39-65(53)68(49-27-9-3-10-28-49)51-41-43-59-56-34-14-13-33-55(56)57-35-15-19-37-61(57)67(63(59)45-51)62-38-20-16-36-58(62)60-44-42-52(46-64(60)67)69(50-29-11-4-12-30-50)66-40-22-18-32-54(66)48-25-7-2-8-26-48/h1-46H. The Morgan fingerprint density at radius 3 is 0.942 bits per heavy atom. The Morgan fingerprint density at radius 2 is 0.507 bits per heavy atom. The molecule has 2 aliphatic carbocycles. The lowest BCUT2D eigenvalue weighted by atomic mass is 9.65. The minimum Gasteiger partial charge on any atom is -0.310 e. The summed E-state index contributed by atoms with van der Waals surface area (Å²) in [5.74, 6) is 0. The van der Waals surface area contributed by atoms with Gasteiger partial charge in [-0.25, -0.2) is 0 Å². The van der Waals surface area contributed by atoms with Gasteiger partial charge in [0.15, 0.2) is 0 Å². The Bertz CT molecular complexity index is 3680. The Labute approximate surface area is 404 Å². The van der Waals surface area contributed by atoms with Crippen LogP contribution in [0.2, 0.25) is 0 Å². The summed E-state index contributed by atoms with van der Waals surface area (Å²) in [6.45, 7) is 0. The zero-order chi connectivity index (χ0) is 45.7. The molecule has 0 amide bonds. The number of rotatable bonds is 8. The summed E-state index contributed by atoms with van der Waals surface area (Å²) in [4.78, 5) is 4.90. The first-order chi connectivity index (χ1) is 34.3. The molecular weight excluding hydrogens is 833 g/mol. The van der Waals surface area contributed by atoms with Gasteiger partial charge in [0, 0.05) is 33.9 Å². The predicted octanol–water partition coefficient (Wildman–Crippen LogP) is 18.0. The van der Waals surface area contributed by atoms with Crippen molar-refractivity contribution in [2.45, 2.75) is 5.41 Å². The van der Waals surface area contributed by atoms with Gasteiger partial charge in [-0.3, -0.25) is 0 Å². The van der Waals surface area contributed by atoms with Crippen molar-refractivity contribution in [2.75, 3.05) is 9.80 Å².